The number of amidine groups is 1. The predicted molar refractivity (Wildman–Crippen MR) is 75.9 cm³/mol. The zero-order chi connectivity index (χ0) is 14.5. The van der Waals surface area contributed by atoms with Crippen molar-refractivity contribution < 1.29 is 14.7 Å². The second-order valence-corrected chi connectivity index (χ2v) is 4.15. The number of hydrogen-bond acceptors (Lipinski definition) is 3. The Morgan fingerprint density at radius 1 is 1.05 bits per heavy atom. The summed E-state index contributed by atoms with van der Waals surface area (Å²) in [4.78, 5) is 0. The SMILES string of the molecule is N/C(=N\O)c1ccc(/C=C/c2ccc(O)c(F)c2)cc1. The zero-order valence-electron chi connectivity index (χ0n) is 10.5. The molecule has 0 amide bonds. The van der Waals surface area contributed by atoms with Crippen molar-refractivity contribution in [2.24, 2.45) is 10.9 Å². The molecule has 0 atom stereocenters. The summed E-state index contributed by atoms with van der Waals surface area (Å²) < 4.78 is 13.2. The van der Waals surface area contributed by atoms with Crippen molar-refractivity contribution in [1.82, 2.24) is 0 Å². The summed E-state index contributed by atoms with van der Waals surface area (Å²) in [6, 6.07) is 11.2. The molecule has 0 aliphatic heterocycles. The molecule has 5 heteroatoms. The van der Waals surface area contributed by atoms with Gasteiger partial charge in [-0.25, -0.2) is 4.39 Å². The molecule has 0 aromatic heterocycles. The Morgan fingerprint density at radius 3 is 2.25 bits per heavy atom. The third-order valence-electron chi connectivity index (χ3n) is 2.75. The first-order chi connectivity index (χ1) is 9.60. The van der Waals surface area contributed by atoms with Crippen LogP contribution in [0, 0.1) is 5.82 Å². The highest BCUT2D eigenvalue weighted by Crippen LogP contribution is 2.18. The van der Waals surface area contributed by atoms with Crippen LogP contribution in [0.25, 0.3) is 12.2 Å². The van der Waals surface area contributed by atoms with Gasteiger partial charge >= 0.3 is 0 Å². The van der Waals surface area contributed by atoms with Crippen LogP contribution in [0.2, 0.25) is 0 Å². The number of nitrogens with zero attached hydrogens (tertiary/aromatic N) is 1. The topological polar surface area (TPSA) is 78.8 Å². The fourth-order valence-corrected chi connectivity index (χ4v) is 1.64. The third kappa shape index (κ3) is 3.14. The quantitative estimate of drug-likeness (QED) is 0.264. The summed E-state index contributed by atoms with van der Waals surface area (Å²) >= 11 is 0. The van der Waals surface area contributed by atoms with Crippen LogP contribution < -0.4 is 5.73 Å². The molecule has 0 radical (unpaired) electrons. The molecule has 0 heterocycles. The van der Waals surface area contributed by atoms with Crippen LogP contribution in [0.5, 0.6) is 5.75 Å². The van der Waals surface area contributed by atoms with Crippen LogP contribution in [-0.2, 0) is 0 Å². The van der Waals surface area contributed by atoms with E-state index in [1.165, 1.54) is 12.1 Å². The van der Waals surface area contributed by atoms with E-state index in [4.69, 9.17) is 16.0 Å². The molecule has 20 heavy (non-hydrogen) atoms. The summed E-state index contributed by atoms with van der Waals surface area (Å²) in [5, 5.41) is 20.6. The average Bonchev–Trinajstić information content (AvgIpc) is 2.48. The van der Waals surface area contributed by atoms with Crippen molar-refractivity contribution in [3.05, 3.63) is 65.0 Å². The summed E-state index contributed by atoms with van der Waals surface area (Å²) in [5.41, 5.74) is 7.59. The van der Waals surface area contributed by atoms with Gasteiger partial charge in [-0.05, 0) is 23.3 Å². The van der Waals surface area contributed by atoms with E-state index in [-0.39, 0.29) is 11.6 Å². The predicted octanol–water partition coefficient (Wildman–Crippen LogP) is 2.80. The number of hydrogen-bond donors (Lipinski definition) is 3. The van der Waals surface area contributed by atoms with Crippen molar-refractivity contribution in [3.63, 3.8) is 0 Å². The molecule has 2 aromatic carbocycles. The minimum absolute atomic E-state index is 0.0427. The molecule has 4 nitrogen and oxygen atoms in total. The molecule has 0 unspecified atom stereocenters. The van der Waals surface area contributed by atoms with Crippen LogP contribution in [-0.4, -0.2) is 16.1 Å². The van der Waals surface area contributed by atoms with Crippen molar-refractivity contribution in [1.29, 1.82) is 0 Å². The molecule has 4 N–H and O–H groups in total. The number of oxime groups is 1. The largest absolute Gasteiger partial charge is 0.505 e. The van der Waals surface area contributed by atoms with Crippen molar-refractivity contribution in [2.75, 3.05) is 0 Å². The van der Waals surface area contributed by atoms with Crippen LogP contribution in [0.15, 0.2) is 47.6 Å². The first-order valence-corrected chi connectivity index (χ1v) is 5.84. The summed E-state index contributed by atoms with van der Waals surface area (Å²) in [6.45, 7) is 0. The number of nitrogens with two attached hydrogens (primary N) is 1. The van der Waals surface area contributed by atoms with E-state index < -0.39 is 5.82 Å². The molecule has 0 fully saturated rings. The number of rotatable bonds is 3. The molecule has 0 aliphatic rings. The van der Waals surface area contributed by atoms with Crippen LogP contribution >= 0.6 is 0 Å². The monoisotopic (exact) mass is 272 g/mol. The Balaban J connectivity index is 2.17. The zero-order valence-corrected chi connectivity index (χ0v) is 10.5. The molecule has 2 aromatic rings. The maximum Gasteiger partial charge on any atom is 0.170 e. The van der Waals surface area contributed by atoms with Gasteiger partial charge in [0, 0.05) is 5.56 Å². The van der Waals surface area contributed by atoms with E-state index in [1.807, 2.05) is 0 Å². The number of aromatic hydroxyl groups is 1. The second kappa shape index (κ2) is 5.88. The molecular weight excluding hydrogens is 259 g/mol. The lowest BCUT2D eigenvalue weighted by Gasteiger charge is -2.00. The Kier molecular flexibility index (Phi) is 4.00. The normalized spacial score (nSPS) is 11.9. The van der Waals surface area contributed by atoms with Crippen molar-refractivity contribution in [2.45, 2.75) is 0 Å². The van der Waals surface area contributed by atoms with Gasteiger partial charge in [0.25, 0.3) is 0 Å². The van der Waals surface area contributed by atoms with Crippen LogP contribution in [0.4, 0.5) is 4.39 Å². The van der Waals surface area contributed by atoms with Crippen molar-refractivity contribution in [3.8, 4) is 5.75 Å². The lowest BCUT2D eigenvalue weighted by molar-refractivity contribution is 0.318. The Bertz CT molecular complexity index is 664. The van der Waals surface area contributed by atoms with Gasteiger partial charge in [0.1, 0.15) is 0 Å². The average molecular weight is 272 g/mol. The van der Waals surface area contributed by atoms with Gasteiger partial charge in [-0.2, -0.15) is 0 Å². The molecule has 0 aliphatic carbocycles. The highest BCUT2D eigenvalue weighted by atomic mass is 19.1. The molecule has 0 spiro atoms. The summed E-state index contributed by atoms with van der Waals surface area (Å²) in [6.07, 6.45) is 3.52. The summed E-state index contributed by atoms with van der Waals surface area (Å²) in [7, 11) is 0. The minimum atomic E-state index is -0.658. The highest BCUT2D eigenvalue weighted by Gasteiger charge is 2.00. The molecule has 0 saturated carbocycles. The van der Waals surface area contributed by atoms with Gasteiger partial charge in [0.2, 0.25) is 0 Å². The van der Waals surface area contributed by atoms with Gasteiger partial charge in [-0.1, -0.05) is 47.6 Å². The van der Waals surface area contributed by atoms with E-state index in [9.17, 15) is 4.39 Å². The molecule has 0 saturated heterocycles. The maximum absolute atomic E-state index is 13.2. The molecule has 0 bridgehead atoms. The molecule has 2 rings (SSSR count). The first kappa shape index (κ1) is 13.6. The van der Waals surface area contributed by atoms with Gasteiger partial charge in [-0.3, -0.25) is 0 Å². The number of phenolic OH excluding ortho intramolecular Hbond substituents is 1. The van der Waals surface area contributed by atoms with E-state index in [2.05, 4.69) is 5.16 Å². The van der Waals surface area contributed by atoms with E-state index in [1.54, 1.807) is 42.5 Å². The first-order valence-electron chi connectivity index (χ1n) is 5.84. The van der Waals surface area contributed by atoms with Gasteiger partial charge in [0.15, 0.2) is 17.4 Å². The van der Waals surface area contributed by atoms with Gasteiger partial charge < -0.3 is 16.0 Å². The highest BCUT2D eigenvalue weighted by molar-refractivity contribution is 5.97. The van der Waals surface area contributed by atoms with Crippen LogP contribution in [0.3, 0.4) is 0 Å². The van der Waals surface area contributed by atoms with Gasteiger partial charge in [0.05, 0.1) is 0 Å². The lowest BCUT2D eigenvalue weighted by Crippen LogP contribution is -2.12. The van der Waals surface area contributed by atoms with Crippen molar-refractivity contribution >= 4 is 18.0 Å². The molecule has 102 valence electrons. The fraction of sp³-hybridized carbons (Fsp3) is 0. The Labute approximate surface area is 115 Å². The van der Waals surface area contributed by atoms with Gasteiger partial charge in [-0.15, -0.1) is 0 Å². The Hall–Kier alpha value is -2.82. The molecular formula is C15H13FN2O2. The Morgan fingerprint density at radius 2 is 1.65 bits per heavy atom. The van der Waals surface area contributed by atoms with Crippen LogP contribution in [0.1, 0.15) is 16.7 Å². The maximum atomic E-state index is 13.2. The summed E-state index contributed by atoms with van der Waals surface area (Å²) in [5.74, 6) is -0.985. The minimum Gasteiger partial charge on any atom is -0.505 e. The van der Waals surface area contributed by atoms with E-state index in [0.717, 1.165) is 5.56 Å². The van der Waals surface area contributed by atoms with E-state index in [0.29, 0.717) is 11.1 Å². The number of halogens is 1. The van der Waals surface area contributed by atoms with E-state index >= 15 is 0 Å². The lowest BCUT2D eigenvalue weighted by atomic mass is 10.1. The smallest absolute Gasteiger partial charge is 0.170 e. The third-order valence-corrected chi connectivity index (χ3v) is 2.75. The number of phenols is 1. The standard InChI is InChI=1S/C15H13FN2O2/c16-13-9-11(5-8-14(13)19)2-1-10-3-6-12(7-4-10)15(17)18-20/h1-9,19-20H,(H2,17,18)/b2-1+. The fourth-order valence-electron chi connectivity index (χ4n) is 1.64. The number of benzene rings is 2. The second-order valence-electron chi connectivity index (χ2n) is 4.15.